The number of nitrogens with two attached hydrogens (primary N) is 1. The molecular weight excluding hydrogens is 208 g/mol. The normalized spacial score (nSPS) is 11.8. The van der Waals surface area contributed by atoms with Crippen molar-refractivity contribution in [3.8, 4) is 0 Å². The minimum absolute atomic E-state index is 0.206. The predicted molar refractivity (Wildman–Crippen MR) is 58.5 cm³/mol. The number of aliphatic carboxylic acids is 1. The summed E-state index contributed by atoms with van der Waals surface area (Å²) in [7, 11) is 0. The number of amides is 1. The van der Waals surface area contributed by atoms with Gasteiger partial charge in [0.25, 0.3) is 0 Å². The number of carboxylic acid groups (broad SMARTS) is 1. The first-order valence-corrected chi connectivity index (χ1v) is 4.88. The van der Waals surface area contributed by atoms with Gasteiger partial charge in [0.1, 0.15) is 6.04 Å². The lowest BCUT2D eigenvalue weighted by Gasteiger charge is -2.07. The molecule has 0 bridgehead atoms. The molecule has 1 unspecified atom stereocenters. The maximum absolute atomic E-state index is 11.3. The van der Waals surface area contributed by atoms with Crippen LogP contribution >= 0.6 is 0 Å². The molecule has 5 heteroatoms. The van der Waals surface area contributed by atoms with Crippen LogP contribution in [0.3, 0.4) is 0 Å². The van der Waals surface area contributed by atoms with Crippen LogP contribution in [0, 0.1) is 0 Å². The first kappa shape index (κ1) is 12.2. The van der Waals surface area contributed by atoms with Gasteiger partial charge in [0.2, 0.25) is 5.91 Å². The zero-order valence-electron chi connectivity index (χ0n) is 8.72. The summed E-state index contributed by atoms with van der Waals surface area (Å²) in [5.74, 6) is -1.53. The summed E-state index contributed by atoms with van der Waals surface area (Å²) in [6.07, 6.45) is -0.206. The average molecular weight is 222 g/mol. The molecule has 0 aliphatic rings. The smallest absolute Gasteiger partial charge is 0.321 e. The molecule has 16 heavy (non-hydrogen) atoms. The van der Waals surface area contributed by atoms with Crippen LogP contribution in [0.5, 0.6) is 0 Å². The SMILES string of the molecule is NC(CC(=O)NCc1ccccc1)C(=O)O. The van der Waals surface area contributed by atoms with E-state index in [0.29, 0.717) is 6.54 Å². The van der Waals surface area contributed by atoms with Crippen molar-refractivity contribution >= 4 is 11.9 Å². The van der Waals surface area contributed by atoms with Crippen molar-refractivity contribution < 1.29 is 14.7 Å². The highest BCUT2D eigenvalue weighted by atomic mass is 16.4. The van der Waals surface area contributed by atoms with Gasteiger partial charge in [-0.25, -0.2) is 0 Å². The number of carbonyl (C=O) groups excluding carboxylic acids is 1. The van der Waals surface area contributed by atoms with Gasteiger partial charge in [-0.1, -0.05) is 30.3 Å². The number of carbonyl (C=O) groups is 2. The molecule has 5 nitrogen and oxygen atoms in total. The van der Waals surface area contributed by atoms with E-state index in [2.05, 4.69) is 5.32 Å². The zero-order valence-corrected chi connectivity index (χ0v) is 8.72. The summed E-state index contributed by atoms with van der Waals surface area (Å²) in [5.41, 5.74) is 6.18. The molecule has 0 spiro atoms. The molecule has 0 aliphatic heterocycles. The lowest BCUT2D eigenvalue weighted by molar-refractivity contribution is -0.140. The highest BCUT2D eigenvalue weighted by Crippen LogP contribution is 1.97. The van der Waals surface area contributed by atoms with E-state index in [9.17, 15) is 9.59 Å². The number of nitrogens with one attached hydrogen (secondary N) is 1. The summed E-state index contributed by atoms with van der Waals surface area (Å²) in [6, 6.07) is 8.21. The van der Waals surface area contributed by atoms with Crippen molar-refractivity contribution in [1.29, 1.82) is 0 Å². The first-order valence-electron chi connectivity index (χ1n) is 4.88. The van der Waals surface area contributed by atoms with Gasteiger partial charge in [-0.05, 0) is 5.56 Å². The van der Waals surface area contributed by atoms with Gasteiger partial charge in [0.05, 0.1) is 6.42 Å². The molecule has 1 amide bonds. The fourth-order valence-electron chi connectivity index (χ4n) is 1.16. The molecule has 1 aromatic carbocycles. The summed E-state index contributed by atoms with van der Waals surface area (Å²) in [4.78, 5) is 21.7. The monoisotopic (exact) mass is 222 g/mol. The number of carboxylic acids is 1. The van der Waals surface area contributed by atoms with E-state index in [1.807, 2.05) is 30.3 Å². The topological polar surface area (TPSA) is 92.4 Å². The highest BCUT2D eigenvalue weighted by molar-refractivity contribution is 5.84. The van der Waals surface area contributed by atoms with Crippen LogP contribution in [-0.2, 0) is 16.1 Å². The fraction of sp³-hybridized carbons (Fsp3) is 0.273. The van der Waals surface area contributed by atoms with E-state index in [-0.39, 0.29) is 12.3 Å². The average Bonchev–Trinajstić information content (AvgIpc) is 2.27. The Morgan fingerprint density at radius 2 is 1.94 bits per heavy atom. The maximum Gasteiger partial charge on any atom is 0.321 e. The second kappa shape index (κ2) is 5.87. The van der Waals surface area contributed by atoms with Crippen LogP contribution in [0.2, 0.25) is 0 Å². The van der Waals surface area contributed by atoms with Gasteiger partial charge >= 0.3 is 5.97 Å². The van der Waals surface area contributed by atoms with Crippen molar-refractivity contribution in [1.82, 2.24) is 5.32 Å². The molecule has 0 saturated carbocycles. The Labute approximate surface area is 93.3 Å². The molecule has 0 aromatic heterocycles. The second-order valence-corrected chi connectivity index (χ2v) is 3.41. The van der Waals surface area contributed by atoms with Gasteiger partial charge in [0, 0.05) is 6.54 Å². The molecular formula is C11H14N2O3. The van der Waals surface area contributed by atoms with E-state index in [1.165, 1.54) is 0 Å². The third kappa shape index (κ3) is 4.10. The summed E-state index contributed by atoms with van der Waals surface area (Å²) < 4.78 is 0. The summed E-state index contributed by atoms with van der Waals surface area (Å²) in [6.45, 7) is 0.381. The van der Waals surface area contributed by atoms with Crippen molar-refractivity contribution in [2.75, 3.05) is 0 Å². The van der Waals surface area contributed by atoms with E-state index in [4.69, 9.17) is 10.8 Å². The minimum atomic E-state index is -1.17. The van der Waals surface area contributed by atoms with Crippen LogP contribution in [0.4, 0.5) is 0 Å². The van der Waals surface area contributed by atoms with Crippen molar-refractivity contribution in [2.45, 2.75) is 19.0 Å². The van der Waals surface area contributed by atoms with Crippen LogP contribution in [-0.4, -0.2) is 23.0 Å². The maximum atomic E-state index is 11.3. The molecule has 0 saturated heterocycles. The Morgan fingerprint density at radius 1 is 1.31 bits per heavy atom. The van der Waals surface area contributed by atoms with Crippen molar-refractivity contribution in [2.24, 2.45) is 5.73 Å². The Balaban J connectivity index is 2.33. The molecule has 1 atom stereocenters. The zero-order chi connectivity index (χ0) is 12.0. The highest BCUT2D eigenvalue weighted by Gasteiger charge is 2.15. The van der Waals surface area contributed by atoms with E-state index >= 15 is 0 Å². The van der Waals surface area contributed by atoms with Crippen molar-refractivity contribution in [3.05, 3.63) is 35.9 Å². The Morgan fingerprint density at radius 3 is 2.50 bits per heavy atom. The predicted octanol–water partition coefficient (Wildman–Crippen LogP) is 0.105. The van der Waals surface area contributed by atoms with Crippen LogP contribution in [0.15, 0.2) is 30.3 Å². The third-order valence-electron chi connectivity index (χ3n) is 2.06. The minimum Gasteiger partial charge on any atom is -0.480 e. The van der Waals surface area contributed by atoms with Gasteiger partial charge < -0.3 is 16.2 Å². The number of rotatable bonds is 5. The van der Waals surface area contributed by atoms with Gasteiger partial charge in [-0.3, -0.25) is 9.59 Å². The van der Waals surface area contributed by atoms with Gasteiger partial charge in [0.15, 0.2) is 0 Å². The quantitative estimate of drug-likeness (QED) is 0.659. The number of benzene rings is 1. The summed E-state index contributed by atoms with van der Waals surface area (Å²) in [5, 5.41) is 11.1. The standard InChI is InChI=1S/C11H14N2O3/c12-9(11(15)16)6-10(14)13-7-8-4-2-1-3-5-8/h1-5,9H,6-7,12H2,(H,13,14)(H,15,16). The number of hydrogen-bond donors (Lipinski definition) is 3. The molecule has 0 fully saturated rings. The fourth-order valence-corrected chi connectivity index (χ4v) is 1.16. The van der Waals surface area contributed by atoms with Crippen molar-refractivity contribution in [3.63, 3.8) is 0 Å². The van der Waals surface area contributed by atoms with Crippen LogP contribution in [0.1, 0.15) is 12.0 Å². The molecule has 4 N–H and O–H groups in total. The van der Waals surface area contributed by atoms with Crippen LogP contribution in [0.25, 0.3) is 0 Å². The molecule has 1 rings (SSSR count). The lowest BCUT2D eigenvalue weighted by Crippen LogP contribution is -2.36. The van der Waals surface area contributed by atoms with Gasteiger partial charge in [-0.2, -0.15) is 0 Å². The van der Waals surface area contributed by atoms with E-state index < -0.39 is 12.0 Å². The molecule has 0 aliphatic carbocycles. The molecule has 0 radical (unpaired) electrons. The molecule has 0 heterocycles. The molecule has 86 valence electrons. The lowest BCUT2D eigenvalue weighted by atomic mass is 10.2. The first-order chi connectivity index (χ1) is 7.59. The van der Waals surface area contributed by atoms with Gasteiger partial charge in [-0.15, -0.1) is 0 Å². The Kier molecular flexibility index (Phi) is 4.47. The van der Waals surface area contributed by atoms with E-state index in [1.54, 1.807) is 0 Å². The Hall–Kier alpha value is -1.88. The number of hydrogen-bond acceptors (Lipinski definition) is 3. The van der Waals surface area contributed by atoms with E-state index in [0.717, 1.165) is 5.56 Å². The Bertz CT molecular complexity index is 365. The largest absolute Gasteiger partial charge is 0.480 e. The third-order valence-corrected chi connectivity index (χ3v) is 2.06. The molecule has 1 aromatic rings. The second-order valence-electron chi connectivity index (χ2n) is 3.41. The van der Waals surface area contributed by atoms with Crippen LogP contribution < -0.4 is 11.1 Å². The summed E-state index contributed by atoms with van der Waals surface area (Å²) >= 11 is 0.